The van der Waals surface area contributed by atoms with E-state index >= 15 is 0 Å². The van der Waals surface area contributed by atoms with Crippen molar-refractivity contribution in [3.05, 3.63) is 59.2 Å². The predicted octanol–water partition coefficient (Wildman–Crippen LogP) is 2.31. The summed E-state index contributed by atoms with van der Waals surface area (Å²) in [6, 6.07) is 12.3. The van der Waals surface area contributed by atoms with Crippen LogP contribution in [-0.4, -0.2) is 27.7 Å². The quantitative estimate of drug-likeness (QED) is 0.839. The number of ether oxygens (including phenoxy) is 1. The highest BCUT2D eigenvalue weighted by Crippen LogP contribution is 2.20. The fourth-order valence-corrected chi connectivity index (χ4v) is 2.87. The van der Waals surface area contributed by atoms with Crippen molar-refractivity contribution in [2.24, 2.45) is 0 Å². The number of amides is 1. The fourth-order valence-electron chi connectivity index (χ4n) is 2.25. The van der Waals surface area contributed by atoms with Crippen molar-refractivity contribution in [3.63, 3.8) is 0 Å². The third kappa shape index (κ3) is 4.73. The number of rotatable bonds is 6. The molecule has 128 valence electrons. The molecule has 6 nitrogen and oxygen atoms in total. The minimum Gasteiger partial charge on any atom is -0.497 e. The lowest BCUT2D eigenvalue weighted by atomic mass is 10.1. The zero-order valence-electron chi connectivity index (χ0n) is 13.8. The Morgan fingerprint density at radius 3 is 2.54 bits per heavy atom. The topological polar surface area (TPSA) is 84.5 Å². The molecule has 0 saturated heterocycles. The van der Waals surface area contributed by atoms with Crippen LogP contribution in [0.3, 0.4) is 0 Å². The van der Waals surface area contributed by atoms with Crippen molar-refractivity contribution >= 4 is 21.6 Å². The summed E-state index contributed by atoms with van der Waals surface area (Å²) in [4.78, 5) is 12.4. The van der Waals surface area contributed by atoms with Crippen LogP contribution in [0.25, 0.3) is 0 Å². The van der Waals surface area contributed by atoms with Gasteiger partial charge in [0.2, 0.25) is 10.0 Å². The van der Waals surface area contributed by atoms with Gasteiger partial charge in [-0.05, 0) is 42.3 Å². The van der Waals surface area contributed by atoms with E-state index in [4.69, 9.17) is 4.74 Å². The van der Waals surface area contributed by atoms with Crippen molar-refractivity contribution in [2.75, 3.05) is 18.1 Å². The van der Waals surface area contributed by atoms with Gasteiger partial charge in [-0.15, -0.1) is 0 Å². The van der Waals surface area contributed by atoms with E-state index in [0.717, 1.165) is 17.6 Å². The molecular formula is C17H20N2O4S. The molecule has 1 amide bonds. The maximum atomic E-state index is 12.4. The number of carbonyl (C=O) groups excluding carboxylic acids is 1. The Bertz CT molecular complexity index is 847. The van der Waals surface area contributed by atoms with Crippen molar-refractivity contribution in [3.8, 4) is 5.75 Å². The number of benzene rings is 2. The van der Waals surface area contributed by atoms with Gasteiger partial charge in [-0.1, -0.05) is 18.2 Å². The summed E-state index contributed by atoms with van der Waals surface area (Å²) in [5, 5.41) is 2.83. The van der Waals surface area contributed by atoms with Crippen LogP contribution in [-0.2, 0) is 16.6 Å². The molecule has 2 N–H and O–H groups in total. The second-order valence-electron chi connectivity index (χ2n) is 5.39. The van der Waals surface area contributed by atoms with E-state index in [0.29, 0.717) is 23.4 Å². The maximum absolute atomic E-state index is 12.4. The van der Waals surface area contributed by atoms with Gasteiger partial charge in [-0.2, -0.15) is 0 Å². The molecule has 0 atom stereocenters. The number of sulfonamides is 1. The first-order chi connectivity index (χ1) is 11.3. The van der Waals surface area contributed by atoms with Gasteiger partial charge in [0.15, 0.2) is 0 Å². The van der Waals surface area contributed by atoms with Gasteiger partial charge in [0.1, 0.15) is 5.75 Å². The first-order valence-electron chi connectivity index (χ1n) is 7.28. The molecular weight excluding hydrogens is 328 g/mol. The Hall–Kier alpha value is -2.54. The third-order valence-electron chi connectivity index (χ3n) is 3.46. The lowest BCUT2D eigenvalue weighted by Crippen LogP contribution is -2.24. The van der Waals surface area contributed by atoms with Crippen LogP contribution >= 0.6 is 0 Å². The molecule has 0 saturated carbocycles. The summed E-state index contributed by atoms with van der Waals surface area (Å²) in [5.41, 5.74) is 2.30. The third-order valence-corrected chi connectivity index (χ3v) is 4.05. The first-order valence-corrected chi connectivity index (χ1v) is 9.18. The highest BCUT2D eigenvalue weighted by molar-refractivity contribution is 7.92. The molecule has 0 fully saturated rings. The van der Waals surface area contributed by atoms with Crippen molar-refractivity contribution in [2.45, 2.75) is 13.5 Å². The minimum absolute atomic E-state index is 0.271. The lowest BCUT2D eigenvalue weighted by Gasteiger charge is -2.12. The molecule has 0 aliphatic rings. The average Bonchev–Trinajstić information content (AvgIpc) is 2.53. The van der Waals surface area contributed by atoms with Crippen LogP contribution < -0.4 is 14.8 Å². The van der Waals surface area contributed by atoms with Gasteiger partial charge in [0.05, 0.1) is 19.1 Å². The van der Waals surface area contributed by atoms with E-state index < -0.39 is 10.0 Å². The normalized spacial score (nSPS) is 11.0. The average molecular weight is 348 g/mol. The summed E-state index contributed by atoms with van der Waals surface area (Å²) in [7, 11) is -1.82. The summed E-state index contributed by atoms with van der Waals surface area (Å²) in [6.45, 7) is 2.05. The summed E-state index contributed by atoms with van der Waals surface area (Å²) >= 11 is 0. The van der Waals surface area contributed by atoms with Crippen LogP contribution in [0.5, 0.6) is 5.75 Å². The minimum atomic E-state index is -3.40. The molecule has 0 bridgehead atoms. The fraction of sp³-hybridized carbons (Fsp3) is 0.235. The number of methoxy groups -OCH3 is 1. The van der Waals surface area contributed by atoms with E-state index in [1.807, 2.05) is 24.3 Å². The van der Waals surface area contributed by atoms with E-state index in [1.54, 1.807) is 32.2 Å². The van der Waals surface area contributed by atoms with Crippen LogP contribution in [0, 0.1) is 6.92 Å². The second kappa shape index (κ2) is 7.35. The van der Waals surface area contributed by atoms with E-state index in [9.17, 15) is 13.2 Å². The smallest absolute Gasteiger partial charge is 0.251 e. The van der Waals surface area contributed by atoms with Gasteiger partial charge in [0.25, 0.3) is 5.91 Å². The van der Waals surface area contributed by atoms with E-state index in [1.165, 1.54) is 0 Å². The highest BCUT2D eigenvalue weighted by atomic mass is 32.2. The standard InChI is InChI=1S/C17H20N2O4S/c1-12-15(8-5-9-16(12)19-24(3,21)22)17(20)18-11-13-6-4-7-14(10-13)23-2/h4-10,19H,11H2,1-3H3,(H,18,20). The van der Waals surface area contributed by atoms with Crippen LogP contribution in [0.2, 0.25) is 0 Å². The van der Waals surface area contributed by atoms with Crippen molar-refractivity contribution < 1.29 is 17.9 Å². The Balaban J connectivity index is 2.13. The highest BCUT2D eigenvalue weighted by Gasteiger charge is 2.13. The Labute approximate surface area is 141 Å². The molecule has 0 radical (unpaired) electrons. The Morgan fingerprint density at radius 2 is 1.88 bits per heavy atom. The predicted molar refractivity (Wildman–Crippen MR) is 93.8 cm³/mol. The van der Waals surface area contributed by atoms with Gasteiger partial charge in [-0.25, -0.2) is 8.42 Å². The summed E-state index contributed by atoms with van der Waals surface area (Å²) in [6.07, 6.45) is 1.07. The van der Waals surface area contributed by atoms with Crippen LogP contribution in [0.4, 0.5) is 5.69 Å². The summed E-state index contributed by atoms with van der Waals surface area (Å²) < 4.78 is 30.3. The molecule has 0 aliphatic heterocycles. The molecule has 7 heteroatoms. The molecule has 0 unspecified atom stereocenters. The molecule has 2 aromatic rings. The molecule has 2 rings (SSSR count). The van der Waals surface area contributed by atoms with Gasteiger partial charge in [0, 0.05) is 12.1 Å². The summed E-state index contributed by atoms with van der Waals surface area (Å²) in [5.74, 6) is 0.449. The molecule has 2 aromatic carbocycles. The molecule has 0 aromatic heterocycles. The number of carbonyl (C=O) groups is 1. The molecule has 0 spiro atoms. The van der Waals surface area contributed by atoms with Crippen molar-refractivity contribution in [1.29, 1.82) is 0 Å². The molecule has 24 heavy (non-hydrogen) atoms. The molecule has 0 aliphatic carbocycles. The van der Waals surface area contributed by atoms with Crippen LogP contribution in [0.15, 0.2) is 42.5 Å². The lowest BCUT2D eigenvalue weighted by molar-refractivity contribution is 0.0950. The van der Waals surface area contributed by atoms with Gasteiger partial charge >= 0.3 is 0 Å². The first kappa shape index (κ1) is 17.8. The van der Waals surface area contributed by atoms with E-state index in [-0.39, 0.29) is 5.91 Å². The number of anilines is 1. The number of hydrogen-bond donors (Lipinski definition) is 2. The van der Waals surface area contributed by atoms with Crippen LogP contribution in [0.1, 0.15) is 21.5 Å². The number of hydrogen-bond acceptors (Lipinski definition) is 4. The monoisotopic (exact) mass is 348 g/mol. The molecule has 0 heterocycles. The number of nitrogens with one attached hydrogen (secondary N) is 2. The van der Waals surface area contributed by atoms with E-state index in [2.05, 4.69) is 10.0 Å². The zero-order valence-corrected chi connectivity index (χ0v) is 14.6. The Morgan fingerprint density at radius 1 is 1.17 bits per heavy atom. The Kier molecular flexibility index (Phi) is 5.46. The SMILES string of the molecule is COc1cccc(CNC(=O)c2cccc(NS(C)(=O)=O)c2C)c1. The maximum Gasteiger partial charge on any atom is 0.251 e. The zero-order chi connectivity index (χ0) is 17.7. The van der Waals surface area contributed by atoms with Gasteiger partial charge < -0.3 is 10.1 Å². The van der Waals surface area contributed by atoms with Crippen molar-refractivity contribution in [1.82, 2.24) is 5.32 Å². The largest absolute Gasteiger partial charge is 0.497 e. The van der Waals surface area contributed by atoms with Gasteiger partial charge in [-0.3, -0.25) is 9.52 Å². The second-order valence-corrected chi connectivity index (χ2v) is 7.14.